The van der Waals surface area contributed by atoms with E-state index in [1.54, 1.807) is 0 Å². The average Bonchev–Trinajstić information content (AvgIpc) is 2.06. The zero-order chi connectivity index (χ0) is 8.10. The Morgan fingerprint density at radius 2 is 2.36 bits per heavy atom. The molecular weight excluding hydrogens is 138 g/mol. The molecule has 0 atom stereocenters. The van der Waals surface area contributed by atoms with Gasteiger partial charge in [0.2, 0.25) is 0 Å². The molecule has 0 bridgehead atoms. The lowest BCUT2D eigenvalue weighted by molar-refractivity contribution is 0.322. The quantitative estimate of drug-likeness (QED) is 0.389. The van der Waals surface area contributed by atoms with Gasteiger partial charge in [0.25, 0.3) is 0 Å². The van der Waals surface area contributed by atoms with Gasteiger partial charge in [0.1, 0.15) is 0 Å². The van der Waals surface area contributed by atoms with E-state index >= 15 is 0 Å². The number of benzene rings is 1. The predicted octanol–water partition coefficient (Wildman–Crippen LogP) is 2.06. The second kappa shape index (κ2) is 3.76. The SMILES string of the molecule is CCc1cccc(/C=N\O)c1. The van der Waals surface area contributed by atoms with Gasteiger partial charge in [0.15, 0.2) is 0 Å². The smallest absolute Gasteiger partial charge is 0.0733 e. The Morgan fingerprint density at radius 3 is 3.00 bits per heavy atom. The highest BCUT2D eigenvalue weighted by Crippen LogP contribution is 2.03. The zero-order valence-electron chi connectivity index (χ0n) is 6.49. The van der Waals surface area contributed by atoms with Crippen LogP contribution in [0.1, 0.15) is 18.1 Å². The summed E-state index contributed by atoms with van der Waals surface area (Å²) in [6.07, 6.45) is 2.44. The summed E-state index contributed by atoms with van der Waals surface area (Å²) in [6, 6.07) is 7.91. The third-order valence-electron chi connectivity index (χ3n) is 1.57. The summed E-state index contributed by atoms with van der Waals surface area (Å²) < 4.78 is 0. The predicted molar refractivity (Wildman–Crippen MR) is 45.2 cm³/mol. The van der Waals surface area contributed by atoms with Crippen LogP contribution in [0.4, 0.5) is 0 Å². The van der Waals surface area contributed by atoms with E-state index in [9.17, 15) is 0 Å². The fourth-order valence-electron chi connectivity index (χ4n) is 0.960. The Bertz CT molecular complexity index is 255. The van der Waals surface area contributed by atoms with Crippen LogP contribution < -0.4 is 0 Å². The highest BCUT2D eigenvalue weighted by atomic mass is 16.4. The Morgan fingerprint density at radius 1 is 1.55 bits per heavy atom. The van der Waals surface area contributed by atoms with Gasteiger partial charge in [-0.25, -0.2) is 0 Å². The van der Waals surface area contributed by atoms with Crippen LogP contribution in [0.2, 0.25) is 0 Å². The van der Waals surface area contributed by atoms with E-state index in [0.29, 0.717) is 0 Å². The number of rotatable bonds is 2. The van der Waals surface area contributed by atoms with Crippen molar-refractivity contribution in [2.75, 3.05) is 0 Å². The van der Waals surface area contributed by atoms with Gasteiger partial charge in [0.05, 0.1) is 6.21 Å². The van der Waals surface area contributed by atoms with Gasteiger partial charge < -0.3 is 5.21 Å². The summed E-state index contributed by atoms with van der Waals surface area (Å²) in [5, 5.41) is 11.2. The van der Waals surface area contributed by atoms with Crippen LogP contribution in [-0.2, 0) is 6.42 Å². The van der Waals surface area contributed by atoms with Crippen LogP contribution >= 0.6 is 0 Å². The van der Waals surface area contributed by atoms with Crippen LogP contribution in [0.3, 0.4) is 0 Å². The van der Waals surface area contributed by atoms with Gasteiger partial charge in [-0.2, -0.15) is 0 Å². The molecule has 0 spiro atoms. The molecule has 0 aliphatic rings. The normalized spacial score (nSPS) is 10.6. The van der Waals surface area contributed by atoms with E-state index in [0.717, 1.165) is 12.0 Å². The van der Waals surface area contributed by atoms with E-state index in [4.69, 9.17) is 5.21 Å². The fourth-order valence-corrected chi connectivity index (χ4v) is 0.960. The van der Waals surface area contributed by atoms with Gasteiger partial charge >= 0.3 is 0 Å². The molecule has 2 heteroatoms. The third kappa shape index (κ3) is 2.08. The van der Waals surface area contributed by atoms with E-state index < -0.39 is 0 Å². The molecule has 58 valence electrons. The third-order valence-corrected chi connectivity index (χ3v) is 1.57. The van der Waals surface area contributed by atoms with Crippen molar-refractivity contribution in [1.82, 2.24) is 0 Å². The van der Waals surface area contributed by atoms with Gasteiger partial charge in [-0.3, -0.25) is 0 Å². The molecule has 0 unspecified atom stereocenters. The molecule has 0 amide bonds. The molecule has 0 heterocycles. The molecule has 1 N–H and O–H groups in total. The van der Waals surface area contributed by atoms with E-state index in [1.807, 2.05) is 18.2 Å². The zero-order valence-corrected chi connectivity index (χ0v) is 6.49. The van der Waals surface area contributed by atoms with Crippen molar-refractivity contribution in [2.45, 2.75) is 13.3 Å². The summed E-state index contributed by atoms with van der Waals surface area (Å²) in [6.45, 7) is 2.09. The molecule has 2 nitrogen and oxygen atoms in total. The highest BCUT2D eigenvalue weighted by molar-refractivity contribution is 5.79. The minimum Gasteiger partial charge on any atom is -0.411 e. The van der Waals surface area contributed by atoms with Gasteiger partial charge in [-0.1, -0.05) is 36.3 Å². The average molecular weight is 149 g/mol. The molecule has 1 rings (SSSR count). The lowest BCUT2D eigenvalue weighted by Crippen LogP contribution is -1.84. The molecule has 0 radical (unpaired) electrons. The minimum absolute atomic E-state index is 0.937. The minimum atomic E-state index is 0.937. The van der Waals surface area contributed by atoms with E-state index in [2.05, 4.69) is 18.1 Å². The number of hydrogen-bond donors (Lipinski definition) is 1. The van der Waals surface area contributed by atoms with Crippen LogP contribution in [0.15, 0.2) is 29.4 Å². The van der Waals surface area contributed by atoms with Crippen molar-refractivity contribution in [1.29, 1.82) is 0 Å². The summed E-state index contributed by atoms with van der Waals surface area (Å²) in [7, 11) is 0. The Labute approximate surface area is 66.2 Å². The molecule has 1 aromatic rings. The number of nitrogens with zero attached hydrogens (tertiary/aromatic N) is 1. The van der Waals surface area contributed by atoms with Crippen LogP contribution in [-0.4, -0.2) is 11.4 Å². The molecule has 0 fully saturated rings. The second-order valence-electron chi connectivity index (χ2n) is 2.34. The van der Waals surface area contributed by atoms with Crippen molar-refractivity contribution < 1.29 is 5.21 Å². The van der Waals surface area contributed by atoms with Crippen LogP contribution in [0, 0.1) is 0 Å². The molecule has 0 aliphatic heterocycles. The number of oxime groups is 1. The van der Waals surface area contributed by atoms with Crippen molar-refractivity contribution in [3.8, 4) is 0 Å². The van der Waals surface area contributed by atoms with Crippen LogP contribution in [0.25, 0.3) is 0 Å². The fraction of sp³-hybridized carbons (Fsp3) is 0.222. The second-order valence-corrected chi connectivity index (χ2v) is 2.34. The van der Waals surface area contributed by atoms with Crippen molar-refractivity contribution in [2.24, 2.45) is 5.16 Å². The molecule has 11 heavy (non-hydrogen) atoms. The molecule has 1 aromatic carbocycles. The first-order chi connectivity index (χ1) is 5.36. The van der Waals surface area contributed by atoms with E-state index in [-0.39, 0.29) is 0 Å². The maximum Gasteiger partial charge on any atom is 0.0733 e. The summed E-state index contributed by atoms with van der Waals surface area (Å²) in [5.41, 5.74) is 2.19. The summed E-state index contributed by atoms with van der Waals surface area (Å²) in [4.78, 5) is 0. The van der Waals surface area contributed by atoms with Gasteiger partial charge in [-0.15, -0.1) is 0 Å². The standard InChI is InChI=1S/C9H11NO/c1-2-8-4-3-5-9(6-8)7-10-11/h3-7,11H,2H2,1H3/b10-7-. The largest absolute Gasteiger partial charge is 0.411 e. The molecule has 0 saturated carbocycles. The first kappa shape index (κ1) is 7.79. The lowest BCUT2D eigenvalue weighted by Gasteiger charge is -1.95. The van der Waals surface area contributed by atoms with Crippen LogP contribution in [0.5, 0.6) is 0 Å². The first-order valence-electron chi connectivity index (χ1n) is 3.63. The monoisotopic (exact) mass is 149 g/mol. The molecular formula is C9H11NO. The molecule has 0 aliphatic carbocycles. The van der Waals surface area contributed by atoms with Gasteiger partial charge in [-0.05, 0) is 17.5 Å². The topological polar surface area (TPSA) is 32.6 Å². The Hall–Kier alpha value is -1.31. The van der Waals surface area contributed by atoms with Gasteiger partial charge in [0, 0.05) is 0 Å². The van der Waals surface area contributed by atoms with Crippen molar-refractivity contribution in [3.63, 3.8) is 0 Å². The molecule has 0 aromatic heterocycles. The summed E-state index contributed by atoms with van der Waals surface area (Å²) in [5.74, 6) is 0. The maximum atomic E-state index is 8.25. The van der Waals surface area contributed by atoms with Crippen molar-refractivity contribution in [3.05, 3.63) is 35.4 Å². The highest BCUT2D eigenvalue weighted by Gasteiger charge is 1.89. The lowest BCUT2D eigenvalue weighted by atomic mass is 10.1. The summed E-state index contributed by atoms with van der Waals surface area (Å²) >= 11 is 0. The Kier molecular flexibility index (Phi) is 2.66. The van der Waals surface area contributed by atoms with E-state index in [1.165, 1.54) is 11.8 Å². The Balaban J connectivity index is 2.91. The van der Waals surface area contributed by atoms with Crippen molar-refractivity contribution >= 4 is 6.21 Å². The first-order valence-corrected chi connectivity index (χ1v) is 3.63. The number of aryl methyl sites for hydroxylation is 1. The molecule has 0 saturated heterocycles. The number of hydrogen-bond acceptors (Lipinski definition) is 2. The maximum absolute atomic E-state index is 8.25.